The summed E-state index contributed by atoms with van der Waals surface area (Å²) in [5, 5.41) is 2.87. The molecule has 1 N–H and O–H groups in total. The molecule has 0 unspecified atom stereocenters. The summed E-state index contributed by atoms with van der Waals surface area (Å²) in [6.07, 6.45) is 3.34. The van der Waals surface area contributed by atoms with Crippen LogP contribution in [0.4, 0.5) is 0 Å². The zero-order chi connectivity index (χ0) is 11.1. The lowest BCUT2D eigenvalue weighted by molar-refractivity contribution is -0.146. The molecule has 0 aromatic rings. The van der Waals surface area contributed by atoms with Crippen LogP contribution in [0, 0.1) is 0 Å². The van der Waals surface area contributed by atoms with Gasteiger partial charge in [0.2, 0.25) is 5.91 Å². The van der Waals surface area contributed by atoms with Crippen molar-refractivity contribution in [2.24, 2.45) is 0 Å². The predicted octanol–water partition coefficient (Wildman–Crippen LogP) is 1.45. The fourth-order valence-electron chi connectivity index (χ4n) is 1.56. The van der Waals surface area contributed by atoms with Crippen LogP contribution in [0.25, 0.3) is 0 Å². The molecule has 1 fully saturated rings. The quantitative estimate of drug-likeness (QED) is 0.729. The van der Waals surface area contributed by atoms with E-state index in [1.54, 1.807) is 0 Å². The van der Waals surface area contributed by atoms with Crippen LogP contribution in [0.3, 0.4) is 0 Å². The number of amides is 1. The first-order valence-corrected chi connectivity index (χ1v) is 5.71. The fourth-order valence-corrected chi connectivity index (χ4v) is 1.56. The highest BCUT2D eigenvalue weighted by atomic mass is 16.7. The summed E-state index contributed by atoms with van der Waals surface area (Å²) in [6.45, 7) is 5.92. The zero-order valence-electron chi connectivity index (χ0n) is 9.67. The lowest BCUT2D eigenvalue weighted by atomic mass is 10.2. The maximum absolute atomic E-state index is 11.3. The van der Waals surface area contributed by atoms with Gasteiger partial charge in [0.05, 0.1) is 13.2 Å². The largest absolute Gasteiger partial charge is 0.356 e. The highest BCUT2D eigenvalue weighted by Gasteiger charge is 2.30. The zero-order valence-corrected chi connectivity index (χ0v) is 9.67. The molecule has 88 valence electrons. The van der Waals surface area contributed by atoms with E-state index in [1.807, 2.05) is 6.92 Å². The van der Waals surface area contributed by atoms with Crippen molar-refractivity contribution < 1.29 is 14.3 Å². The van der Waals surface area contributed by atoms with Gasteiger partial charge in [-0.15, -0.1) is 0 Å². The van der Waals surface area contributed by atoms with Crippen LogP contribution >= 0.6 is 0 Å². The Hall–Kier alpha value is -0.610. The first kappa shape index (κ1) is 12.5. The molecule has 1 amide bonds. The second kappa shape index (κ2) is 6.08. The summed E-state index contributed by atoms with van der Waals surface area (Å²) < 4.78 is 10.9. The highest BCUT2D eigenvalue weighted by Crippen LogP contribution is 2.21. The first-order valence-electron chi connectivity index (χ1n) is 5.71. The summed E-state index contributed by atoms with van der Waals surface area (Å²) >= 11 is 0. The monoisotopic (exact) mass is 215 g/mol. The molecule has 4 nitrogen and oxygen atoms in total. The van der Waals surface area contributed by atoms with Gasteiger partial charge in [-0.2, -0.15) is 0 Å². The van der Waals surface area contributed by atoms with E-state index >= 15 is 0 Å². The first-order chi connectivity index (χ1) is 7.16. The number of hydrogen-bond donors (Lipinski definition) is 1. The Kier molecular flexibility index (Phi) is 5.05. The molecule has 1 heterocycles. The van der Waals surface area contributed by atoms with Crippen LogP contribution in [-0.2, 0) is 14.3 Å². The predicted molar refractivity (Wildman–Crippen MR) is 57.5 cm³/mol. The van der Waals surface area contributed by atoms with E-state index in [9.17, 15) is 4.79 Å². The van der Waals surface area contributed by atoms with Gasteiger partial charge in [0.25, 0.3) is 0 Å². The Morgan fingerprint density at radius 1 is 1.40 bits per heavy atom. The van der Waals surface area contributed by atoms with Gasteiger partial charge < -0.3 is 14.8 Å². The van der Waals surface area contributed by atoms with E-state index in [0.29, 0.717) is 32.6 Å². The summed E-state index contributed by atoms with van der Waals surface area (Å²) in [5.74, 6) is -0.364. The number of hydrogen-bond acceptors (Lipinski definition) is 3. The third-order valence-corrected chi connectivity index (χ3v) is 2.56. The minimum absolute atomic E-state index is 0.124. The number of rotatable bonds is 6. The summed E-state index contributed by atoms with van der Waals surface area (Å²) in [4.78, 5) is 11.3. The van der Waals surface area contributed by atoms with Gasteiger partial charge in [0, 0.05) is 19.4 Å². The fraction of sp³-hybridized carbons (Fsp3) is 0.909. The third-order valence-electron chi connectivity index (χ3n) is 2.56. The van der Waals surface area contributed by atoms with Crippen LogP contribution in [0.15, 0.2) is 0 Å². The molecule has 0 bridgehead atoms. The topological polar surface area (TPSA) is 47.6 Å². The molecule has 0 spiro atoms. The molecule has 1 rings (SSSR count). The van der Waals surface area contributed by atoms with Crippen molar-refractivity contribution in [3.05, 3.63) is 0 Å². The maximum atomic E-state index is 11.3. The second-order valence-corrected chi connectivity index (χ2v) is 4.03. The molecule has 0 saturated carbocycles. The number of nitrogens with one attached hydrogen (secondary N) is 1. The molecular weight excluding hydrogens is 194 g/mol. The van der Waals surface area contributed by atoms with Crippen LogP contribution in [0.2, 0.25) is 0 Å². The van der Waals surface area contributed by atoms with E-state index in [0.717, 1.165) is 12.8 Å². The second-order valence-electron chi connectivity index (χ2n) is 4.03. The Morgan fingerprint density at radius 2 is 2.07 bits per heavy atom. The van der Waals surface area contributed by atoms with E-state index in [2.05, 4.69) is 12.2 Å². The van der Waals surface area contributed by atoms with Gasteiger partial charge in [-0.05, 0) is 13.3 Å². The Balaban J connectivity index is 2.07. The van der Waals surface area contributed by atoms with Crippen LogP contribution in [0.5, 0.6) is 0 Å². The average Bonchev–Trinajstić information content (AvgIpc) is 2.62. The van der Waals surface area contributed by atoms with Crippen molar-refractivity contribution >= 4 is 5.91 Å². The molecule has 0 radical (unpaired) electrons. The van der Waals surface area contributed by atoms with Crippen molar-refractivity contribution in [3.8, 4) is 0 Å². The Labute approximate surface area is 91.3 Å². The van der Waals surface area contributed by atoms with Crippen LogP contribution in [-0.4, -0.2) is 31.5 Å². The lowest BCUT2D eigenvalue weighted by Gasteiger charge is -2.22. The minimum atomic E-state index is -0.488. The Bertz CT molecular complexity index is 200. The van der Waals surface area contributed by atoms with Gasteiger partial charge in [-0.25, -0.2) is 0 Å². The van der Waals surface area contributed by atoms with E-state index in [-0.39, 0.29) is 5.91 Å². The third kappa shape index (κ3) is 4.62. The maximum Gasteiger partial charge on any atom is 0.219 e. The summed E-state index contributed by atoms with van der Waals surface area (Å²) in [5.41, 5.74) is 0. The molecule has 1 aliphatic heterocycles. The van der Waals surface area contributed by atoms with Crippen molar-refractivity contribution in [2.75, 3.05) is 19.8 Å². The van der Waals surface area contributed by atoms with Crippen LogP contribution in [0.1, 0.15) is 39.5 Å². The normalized spacial score (nSPS) is 19.1. The summed E-state index contributed by atoms with van der Waals surface area (Å²) in [7, 11) is 0. The highest BCUT2D eigenvalue weighted by molar-refractivity contribution is 5.75. The van der Waals surface area contributed by atoms with Gasteiger partial charge in [0.1, 0.15) is 0 Å². The molecular formula is C11H21NO3. The van der Waals surface area contributed by atoms with Gasteiger partial charge in [0.15, 0.2) is 5.79 Å². The minimum Gasteiger partial charge on any atom is -0.356 e. The van der Waals surface area contributed by atoms with E-state index < -0.39 is 5.79 Å². The number of carbonyl (C=O) groups is 1. The van der Waals surface area contributed by atoms with Gasteiger partial charge in [-0.1, -0.05) is 13.3 Å². The average molecular weight is 215 g/mol. The molecule has 0 aromatic heterocycles. The van der Waals surface area contributed by atoms with Crippen LogP contribution < -0.4 is 5.32 Å². The van der Waals surface area contributed by atoms with Crippen molar-refractivity contribution in [1.82, 2.24) is 5.32 Å². The molecule has 0 aromatic carbocycles. The molecule has 15 heavy (non-hydrogen) atoms. The Morgan fingerprint density at radius 3 is 2.67 bits per heavy atom. The molecule has 0 aliphatic carbocycles. The molecule has 1 saturated heterocycles. The smallest absolute Gasteiger partial charge is 0.219 e. The molecule has 0 atom stereocenters. The molecule has 1 aliphatic rings. The molecule has 4 heteroatoms. The van der Waals surface area contributed by atoms with E-state index in [4.69, 9.17) is 9.47 Å². The number of unbranched alkanes of at least 4 members (excludes halogenated alkanes) is 1. The van der Waals surface area contributed by atoms with Gasteiger partial charge >= 0.3 is 0 Å². The standard InChI is InChI=1S/C11H21NO3/c1-3-4-5-10(13)12-7-6-11(2)14-8-9-15-11/h3-9H2,1-2H3,(H,12,13). The van der Waals surface area contributed by atoms with Crippen molar-refractivity contribution in [2.45, 2.75) is 45.3 Å². The van der Waals surface area contributed by atoms with Crippen molar-refractivity contribution in [3.63, 3.8) is 0 Å². The van der Waals surface area contributed by atoms with Gasteiger partial charge in [-0.3, -0.25) is 4.79 Å². The summed E-state index contributed by atoms with van der Waals surface area (Å²) in [6, 6.07) is 0. The number of ether oxygens (including phenoxy) is 2. The lowest BCUT2D eigenvalue weighted by Crippen LogP contribution is -2.33. The number of carbonyl (C=O) groups excluding carboxylic acids is 1. The van der Waals surface area contributed by atoms with E-state index in [1.165, 1.54) is 0 Å². The SMILES string of the molecule is CCCCC(=O)NCCC1(C)OCCO1. The van der Waals surface area contributed by atoms with Crippen molar-refractivity contribution in [1.29, 1.82) is 0 Å².